The Hall–Kier alpha value is -3.87. The van der Waals surface area contributed by atoms with Crippen LogP contribution in [0.2, 0.25) is 0 Å². The summed E-state index contributed by atoms with van der Waals surface area (Å²) in [6, 6.07) is 14.2. The second kappa shape index (κ2) is 8.70. The lowest BCUT2D eigenvalue weighted by atomic mass is 10.1. The Labute approximate surface area is 184 Å². The van der Waals surface area contributed by atoms with Gasteiger partial charge in [0.25, 0.3) is 5.56 Å². The Morgan fingerprint density at radius 1 is 1.09 bits per heavy atom. The van der Waals surface area contributed by atoms with Gasteiger partial charge in [-0.3, -0.25) is 9.59 Å². The molecule has 0 radical (unpaired) electrons. The van der Waals surface area contributed by atoms with E-state index in [1.807, 2.05) is 19.1 Å². The van der Waals surface area contributed by atoms with Gasteiger partial charge in [0, 0.05) is 18.3 Å². The van der Waals surface area contributed by atoms with Gasteiger partial charge in [-0.15, -0.1) is 0 Å². The van der Waals surface area contributed by atoms with E-state index in [0.717, 1.165) is 5.69 Å². The van der Waals surface area contributed by atoms with E-state index in [0.29, 0.717) is 39.9 Å². The number of carbonyl (C=O) groups is 2. The van der Waals surface area contributed by atoms with Crippen molar-refractivity contribution in [3.8, 4) is 0 Å². The molecule has 0 atom stereocenters. The molecule has 32 heavy (non-hydrogen) atoms. The highest BCUT2D eigenvalue weighted by Gasteiger charge is 2.24. The van der Waals surface area contributed by atoms with Crippen molar-refractivity contribution in [2.75, 3.05) is 0 Å². The first-order chi connectivity index (χ1) is 15.4. The number of Topliss-reactive ketones (excluding diaryl/α,β-unsaturated/α-hetero) is 1. The molecule has 0 fully saturated rings. The molecule has 7 heteroatoms. The highest BCUT2D eigenvalue weighted by Crippen LogP contribution is 2.24. The quantitative estimate of drug-likeness (QED) is 0.325. The van der Waals surface area contributed by atoms with E-state index in [9.17, 15) is 14.4 Å². The Balaban J connectivity index is 1.75. The minimum Gasteiger partial charge on any atom is -0.466 e. The number of nitrogens with zero attached hydrogens (tertiary/aromatic N) is 2. The molecule has 0 aliphatic heterocycles. The number of aromatic nitrogens is 2. The molecule has 0 aliphatic carbocycles. The van der Waals surface area contributed by atoms with Crippen LogP contribution in [0.15, 0.2) is 64.0 Å². The van der Waals surface area contributed by atoms with Crippen molar-refractivity contribution in [1.82, 2.24) is 9.13 Å². The average Bonchev–Trinajstić information content (AvgIpc) is 3.40. The minimum absolute atomic E-state index is 0.00280. The van der Waals surface area contributed by atoms with Crippen molar-refractivity contribution in [3.63, 3.8) is 0 Å². The number of benzene rings is 1. The normalized spacial score (nSPS) is 11.1. The highest BCUT2D eigenvalue weighted by atomic mass is 16.5. The number of carbonyl (C=O) groups excluding carboxylic acids is 2. The monoisotopic (exact) mass is 432 g/mol. The van der Waals surface area contributed by atoms with Gasteiger partial charge in [0.15, 0.2) is 5.78 Å². The second-order valence-electron chi connectivity index (χ2n) is 7.62. The maximum atomic E-state index is 13.5. The van der Waals surface area contributed by atoms with Crippen LogP contribution in [0, 0.1) is 6.92 Å². The summed E-state index contributed by atoms with van der Waals surface area (Å²) in [5.41, 5.74) is 2.45. The van der Waals surface area contributed by atoms with E-state index in [4.69, 9.17) is 9.15 Å². The number of esters is 1. The van der Waals surface area contributed by atoms with Crippen LogP contribution >= 0.6 is 0 Å². The third-order valence-corrected chi connectivity index (χ3v) is 5.67. The summed E-state index contributed by atoms with van der Waals surface area (Å²) in [5.74, 6) is -0.153. The molecule has 7 nitrogen and oxygen atoms in total. The van der Waals surface area contributed by atoms with Crippen LogP contribution in [0.5, 0.6) is 0 Å². The molecule has 0 bridgehead atoms. The average molecular weight is 432 g/mol. The maximum Gasteiger partial charge on any atom is 0.355 e. The largest absolute Gasteiger partial charge is 0.466 e. The fraction of sp³-hybridized carbons (Fsp3) is 0.240. The summed E-state index contributed by atoms with van der Waals surface area (Å²) < 4.78 is 13.8. The topological polar surface area (TPSA) is 83.4 Å². The fourth-order valence-corrected chi connectivity index (χ4v) is 4.01. The molecule has 3 aromatic heterocycles. The van der Waals surface area contributed by atoms with Crippen molar-refractivity contribution in [3.05, 3.63) is 93.4 Å². The molecule has 0 N–H and O–H groups in total. The third kappa shape index (κ3) is 3.77. The first-order valence-electron chi connectivity index (χ1n) is 10.4. The van der Waals surface area contributed by atoms with E-state index in [2.05, 4.69) is 0 Å². The van der Waals surface area contributed by atoms with Gasteiger partial charge in [0.2, 0.25) is 0 Å². The summed E-state index contributed by atoms with van der Waals surface area (Å²) in [6.45, 7) is 3.60. The molecule has 0 saturated carbocycles. The van der Waals surface area contributed by atoms with Crippen LogP contribution in [-0.4, -0.2) is 20.9 Å². The molecule has 164 valence electrons. The molecular formula is C25H24N2O5. The molecule has 1 aromatic carbocycles. The van der Waals surface area contributed by atoms with E-state index < -0.39 is 5.97 Å². The summed E-state index contributed by atoms with van der Waals surface area (Å²) >= 11 is 0. The van der Waals surface area contributed by atoms with E-state index in [-0.39, 0.29) is 24.5 Å². The number of aryl methyl sites for hydroxylation is 3. The Morgan fingerprint density at radius 2 is 1.84 bits per heavy atom. The minimum atomic E-state index is -0.540. The van der Waals surface area contributed by atoms with E-state index in [1.54, 1.807) is 54.9 Å². The van der Waals surface area contributed by atoms with E-state index >= 15 is 0 Å². The van der Waals surface area contributed by atoms with Crippen LogP contribution in [0.25, 0.3) is 10.9 Å². The summed E-state index contributed by atoms with van der Waals surface area (Å²) in [6.07, 6.45) is 2.08. The van der Waals surface area contributed by atoms with Crippen LogP contribution in [0.4, 0.5) is 0 Å². The van der Waals surface area contributed by atoms with Gasteiger partial charge >= 0.3 is 5.97 Å². The van der Waals surface area contributed by atoms with Crippen LogP contribution < -0.4 is 5.56 Å². The number of fused-ring (bicyclic) bond motifs is 1. The molecule has 0 aliphatic rings. The van der Waals surface area contributed by atoms with Gasteiger partial charge in [-0.2, -0.15) is 0 Å². The first-order valence-corrected chi connectivity index (χ1v) is 10.4. The molecule has 4 rings (SSSR count). The predicted molar refractivity (Wildman–Crippen MR) is 120 cm³/mol. The fourth-order valence-electron chi connectivity index (χ4n) is 4.01. The lowest BCUT2D eigenvalue weighted by molar-refractivity contribution is 0.0434. The lowest BCUT2D eigenvalue weighted by Gasteiger charge is -2.12. The predicted octanol–water partition coefficient (Wildman–Crippen LogP) is 4.04. The first kappa shape index (κ1) is 21.4. The molecule has 0 saturated heterocycles. The molecular weight excluding hydrogens is 408 g/mol. The van der Waals surface area contributed by atoms with Crippen molar-refractivity contribution in [2.45, 2.75) is 33.4 Å². The van der Waals surface area contributed by atoms with Gasteiger partial charge < -0.3 is 18.3 Å². The molecule has 0 amide bonds. The summed E-state index contributed by atoms with van der Waals surface area (Å²) in [7, 11) is 1.73. The Bertz CT molecular complexity index is 1340. The van der Waals surface area contributed by atoms with Gasteiger partial charge in [-0.05, 0) is 37.1 Å². The smallest absolute Gasteiger partial charge is 0.355 e. The van der Waals surface area contributed by atoms with Crippen LogP contribution in [0.3, 0.4) is 0 Å². The summed E-state index contributed by atoms with van der Waals surface area (Å²) in [4.78, 5) is 39.1. The lowest BCUT2D eigenvalue weighted by Crippen LogP contribution is -2.27. The molecule has 3 heterocycles. The Morgan fingerprint density at radius 3 is 2.50 bits per heavy atom. The number of hydrogen-bond donors (Lipinski definition) is 0. The molecule has 0 spiro atoms. The zero-order valence-corrected chi connectivity index (χ0v) is 18.3. The van der Waals surface area contributed by atoms with Crippen molar-refractivity contribution >= 4 is 22.7 Å². The van der Waals surface area contributed by atoms with Crippen molar-refractivity contribution in [2.24, 2.45) is 7.05 Å². The third-order valence-electron chi connectivity index (χ3n) is 5.67. The maximum absolute atomic E-state index is 13.5. The zero-order chi connectivity index (χ0) is 22.8. The summed E-state index contributed by atoms with van der Waals surface area (Å²) in [5, 5.41) is 0.413. The van der Waals surface area contributed by atoms with Crippen LogP contribution in [0.1, 0.15) is 44.8 Å². The van der Waals surface area contributed by atoms with Gasteiger partial charge in [0.1, 0.15) is 18.1 Å². The standard InChI is InChI=1S/C25H24N2O5/c1-4-18-13-20-22(24(29)27(18)14-21(28)17-9-6-5-7-10-17)16(2)23(26(20)3)25(30)32-15-19-11-8-12-31-19/h5-13H,4,14-15H2,1-3H3. The molecule has 4 aromatic rings. The number of furan rings is 1. The van der Waals surface area contributed by atoms with Gasteiger partial charge in [0.05, 0.1) is 23.7 Å². The van der Waals surface area contributed by atoms with Crippen molar-refractivity contribution < 1.29 is 18.7 Å². The van der Waals surface area contributed by atoms with Gasteiger partial charge in [-0.25, -0.2) is 4.79 Å². The Kier molecular flexibility index (Phi) is 5.81. The number of pyridine rings is 1. The number of hydrogen-bond acceptors (Lipinski definition) is 5. The highest BCUT2D eigenvalue weighted by molar-refractivity contribution is 5.99. The number of rotatable bonds is 7. The van der Waals surface area contributed by atoms with Gasteiger partial charge in [-0.1, -0.05) is 37.3 Å². The van der Waals surface area contributed by atoms with Crippen LogP contribution in [-0.2, 0) is 31.4 Å². The zero-order valence-electron chi connectivity index (χ0n) is 18.3. The van der Waals surface area contributed by atoms with E-state index in [1.165, 1.54) is 10.8 Å². The molecule has 0 unspecified atom stereocenters. The number of ether oxygens (including phenoxy) is 1. The second-order valence-corrected chi connectivity index (χ2v) is 7.62. The SMILES string of the molecule is CCc1cc2c(c(C)c(C(=O)OCc3ccco3)n2C)c(=O)n1CC(=O)c1ccccc1. The van der Waals surface area contributed by atoms with Crippen molar-refractivity contribution in [1.29, 1.82) is 0 Å². The number of ketones is 1.